The van der Waals surface area contributed by atoms with Crippen LogP contribution in [-0.4, -0.2) is 22.8 Å². The van der Waals surface area contributed by atoms with Gasteiger partial charge in [0.15, 0.2) is 0 Å². The minimum atomic E-state index is -0.342. The molecular formula is C15H27NO. The third-order valence-electron chi connectivity index (χ3n) is 5.89. The van der Waals surface area contributed by atoms with E-state index in [-0.39, 0.29) is 5.60 Å². The zero-order chi connectivity index (χ0) is 12.0. The van der Waals surface area contributed by atoms with Crippen LogP contribution in [0.25, 0.3) is 0 Å². The van der Waals surface area contributed by atoms with Gasteiger partial charge in [-0.15, -0.1) is 0 Å². The van der Waals surface area contributed by atoms with Crippen LogP contribution in [0.4, 0.5) is 0 Å². The fourth-order valence-electron chi connectivity index (χ4n) is 4.53. The molecule has 98 valence electrons. The number of hydrogen-bond acceptors (Lipinski definition) is 2. The Morgan fingerprint density at radius 1 is 0.941 bits per heavy atom. The van der Waals surface area contributed by atoms with Gasteiger partial charge in [0.1, 0.15) is 0 Å². The molecule has 1 aliphatic carbocycles. The molecule has 0 amide bonds. The number of piperidine rings is 1. The average molecular weight is 237 g/mol. The van der Waals surface area contributed by atoms with Crippen molar-refractivity contribution >= 4 is 0 Å². The van der Waals surface area contributed by atoms with Crippen molar-refractivity contribution in [2.45, 2.75) is 76.5 Å². The zero-order valence-corrected chi connectivity index (χ0v) is 11.3. The lowest BCUT2D eigenvalue weighted by molar-refractivity contribution is -0.0793. The van der Waals surface area contributed by atoms with Gasteiger partial charge in [0.25, 0.3) is 0 Å². The second-order valence-corrected chi connectivity index (χ2v) is 7.11. The van der Waals surface area contributed by atoms with E-state index in [2.05, 4.69) is 19.2 Å². The first-order chi connectivity index (χ1) is 8.07. The maximum atomic E-state index is 11.0. The predicted molar refractivity (Wildman–Crippen MR) is 69.8 cm³/mol. The van der Waals surface area contributed by atoms with Gasteiger partial charge in [-0.3, -0.25) is 0 Å². The molecule has 3 fully saturated rings. The van der Waals surface area contributed by atoms with Crippen LogP contribution in [-0.2, 0) is 0 Å². The molecule has 0 radical (unpaired) electrons. The van der Waals surface area contributed by atoms with Crippen molar-refractivity contribution in [3.8, 4) is 0 Å². The lowest BCUT2D eigenvalue weighted by Crippen LogP contribution is -2.53. The summed E-state index contributed by atoms with van der Waals surface area (Å²) in [5.74, 6) is 2.22. The van der Waals surface area contributed by atoms with E-state index in [4.69, 9.17) is 0 Å². The predicted octanol–water partition coefficient (Wildman–Crippen LogP) is 2.70. The maximum absolute atomic E-state index is 11.0. The van der Waals surface area contributed by atoms with Crippen LogP contribution in [0.5, 0.6) is 0 Å². The van der Waals surface area contributed by atoms with E-state index in [1.54, 1.807) is 0 Å². The lowest BCUT2D eigenvalue weighted by Gasteiger charge is -2.46. The summed E-state index contributed by atoms with van der Waals surface area (Å²) in [7, 11) is 0. The summed E-state index contributed by atoms with van der Waals surface area (Å²) in [5, 5.41) is 14.7. The van der Waals surface area contributed by atoms with E-state index in [9.17, 15) is 5.11 Å². The summed E-state index contributed by atoms with van der Waals surface area (Å²) >= 11 is 0. The van der Waals surface area contributed by atoms with Crippen molar-refractivity contribution in [2.75, 3.05) is 0 Å². The number of rotatable bonds is 1. The molecule has 5 atom stereocenters. The Hall–Kier alpha value is -0.0800. The van der Waals surface area contributed by atoms with E-state index in [1.165, 1.54) is 32.1 Å². The van der Waals surface area contributed by atoms with Crippen molar-refractivity contribution in [1.82, 2.24) is 5.32 Å². The van der Waals surface area contributed by atoms with Gasteiger partial charge in [-0.2, -0.15) is 0 Å². The van der Waals surface area contributed by atoms with Gasteiger partial charge in [0, 0.05) is 12.1 Å². The van der Waals surface area contributed by atoms with Gasteiger partial charge in [0.05, 0.1) is 5.60 Å². The third kappa shape index (κ3) is 2.15. The van der Waals surface area contributed by atoms with Crippen LogP contribution in [0.3, 0.4) is 0 Å². The molecule has 2 bridgehead atoms. The second-order valence-electron chi connectivity index (χ2n) is 7.11. The van der Waals surface area contributed by atoms with Gasteiger partial charge in [-0.1, -0.05) is 20.3 Å². The molecule has 0 aromatic rings. The fraction of sp³-hybridized carbons (Fsp3) is 1.00. The van der Waals surface area contributed by atoms with Crippen molar-refractivity contribution in [3.05, 3.63) is 0 Å². The van der Waals surface area contributed by atoms with Gasteiger partial charge in [0.2, 0.25) is 0 Å². The Bertz CT molecular complexity index is 279. The molecule has 0 spiro atoms. The Morgan fingerprint density at radius 3 is 2.18 bits per heavy atom. The minimum absolute atomic E-state index is 0.342. The van der Waals surface area contributed by atoms with Crippen molar-refractivity contribution in [1.29, 1.82) is 0 Å². The van der Waals surface area contributed by atoms with Crippen molar-refractivity contribution < 1.29 is 5.11 Å². The van der Waals surface area contributed by atoms with Crippen LogP contribution in [0.1, 0.15) is 58.8 Å². The second kappa shape index (κ2) is 4.24. The third-order valence-corrected chi connectivity index (χ3v) is 5.89. The molecule has 2 heterocycles. The van der Waals surface area contributed by atoms with Gasteiger partial charge in [-0.25, -0.2) is 0 Å². The molecule has 0 aromatic carbocycles. The average Bonchev–Trinajstić information content (AvgIpc) is 2.62. The molecular weight excluding hydrogens is 210 g/mol. The minimum Gasteiger partial charge on any atom is -0.389 e. The Labute approximate surface area is 105 Å². The Morgan fingerprint density at radius 2 is 1.59 bits per heavy atom. The molecule has 3 aliphatic rings. The summed E-state index contributed by atoms with van der Waals surface area (Å²) < 4.78 is 0. The Balaban J connectivity index is 1.70. The highest BCUT2D eigenvalue weighted by atomic mass is 16.3. The topological polar surface area (TPSA) is 32.3 Å². The number of nitrogens with one attached hydrogen (secondary N) is 1. The molecule has 2 saturated heterocycles. The molecule has 2 heteroatoms. The largest absolute Gasteiger partial charge is 0.389 e. The first-order valence-corrected chi connectivity index (χ1v) is 7.55. The normalized spacial score (nSPS) is 54.9. The summed E-state index contributed by atoms with van der Waals surface area (Å²) in [6.45, 7) is 4.74. The highest BCUT2D eigenvalue weighted by molar-refractivity contribution is 5.03. The van der Waals surface area contributed by atoms with E-state index in [0.29, 0.717) is 18.0 Å². The summed E-state index contributed by atoms with van der Waals surface area (Å²) in [5.41, 5.74) is -0.342. The number of aliphatic hydroxyl groups is 1. The number of fused-ring (bicyclic) bond motifs is 2. The van der Waals surface area contributed by atoms with Crippen LogP contribution < -0.4 is 5.32 Å². The summed E-state index contributed by atoms with van der Waals surface area (Å²) in [6, 6.07) is 1.21. The van der Waals surface area contributed by atoms with Gasteiger partial charge in [-0.05, 0) is 56.3 Å². The van der Waals surface area contributed by atoms with Gasteiger partial charge < -0.3 is 10.4 Å². The van der Waals surface area contributed by atoms with Crippen LogP contribution in [0.2, 0.25) is 0 Å². The summed E-state index contributed by atoms with van der Waals surface area (Å²) in [4.78, 5) is 0. The van der Waals surface area contributed by atoms with Crippen LogP contribution in [0.15, 0.2) is 0 Å². The maximum Gasteiger partial charge on any atom is 0.0705 e. The molecule has 0 aromatic heterocycles. The number of hydrogen-bond donors (Lipinski definition) is 2. The summed E-state index contributed by atoms with van der Waals surface area (Å²) in [6.07, 6.45) is 8.40. The van der Waals surface area contributed by atoms with Gasteiger partial charge >= 0.3 is 0 Å². The molecule has 5 unspecified atom stereocenters. The first kappa shape index (κ1) is 12.0. The quantitative estimate of drug-likeness (QED) is 0.735. The molecule has 3 rings (SSSR count). The standard InChI is InChI=1S/C15H27NO/c1-10-3-4-12(7-11(10)2)15(17)8-13-5-6-14(9-15)16-13/h10-14,16-17H,3-9H2,1-2H3. The van der Waals surface area contributed by atoms with E-state index < -0.39 is 0 Å². The monoisotopic (exact) mass is 237 g/mol. The lowest BCUT2D eigenvalue weighted by atomic mass is 9.66. The SMILES string of the molecule is CC1CCC(C2(O)CC3CCC(C2)N3)CC1C. The molecule has 2 aliphatic heterocycles. The highest BCUT2D eigenvalue weighted by Gasteiger charge is 2.48. The van der Waals surface area contributed by atoms with Crippen molar-refractivity contribution in [3.63, 3.8) is 0 Å². The first-order valence-electron chi connectivity index (χ1n) is 7.55. The fourth-order valence-corrected chi connectivity index (χ4v) is 4.53. The smallest absolute Gasteiger partial charge is 0.0705 e. The zero-order valence-electron chi connectivity index (χ0n) is 11.3. The molecule has 1 saturated carbocycles. The molecule has 17 heavy (non-hydrogen) atoms. The Kier molecular flexibility index (Phi) is 2.99. The van der Waals surface area contributed by atoms with Crippen molar-refractivity contribution in [2.24, 2.45) is 17.8 Å². The van der Waals surface area contributed by atoms with Crippen LogP contribution >= 0.6 is 0 Å². The highest BCUT2D eigenvalue weighted by Crippen LogP contribution is 2.46. The van der Waals surface area contributed by atoms with E-state index in [1.807, 2.05) is 0 Å². The molecule has 2 N–H and O–H groups in total. The van der Waals surface area contributed by atoms with E-state index >= 15 is 0 Å². The molecule has 2 nitrogen and oxygen atoms in total. The van der Waals surface area contributed by atoms with Crippen LogP contribution in [0, 0.1) is 17.8 Å². The van der Waals surface area contributed by atoms with E-state index in [0.717, 1.165) is 24.7 Å².